The largest absolute Gasteiger partial charge is 0.444 e. The van der Waals surface area contributed by atoms with E-state index in [1.54, 1.807) is 0 Å². The lowest BCUT2D eigenvalue weighted by Gasteiger charge is -2.15. The van der Waals surface area contributed by atoms with Crippen LogP contribution in [0.2, 0.25) is 0 Å². The summed E-state index contributed by atoms with van der Waals surface area (Å²) in [6.07, 6.45) is 3.05. The van der Waals surface area contributed by atoms with Crippen molar-refractivity contribution in [2.75, 3.05) is 19.6 Å². The maximum absolute atomic E-state index is 5.79. The molecule has 4 heteroatoms. The van der Waals surface area contributed by atoms with Gasteiger partial charge in [0.2, 0.25) is 5.89 Å². The summed E-state index contributed by atoms with van der Waals surface area (Å²) in [6, 6.07) is 0. The molecule has 0 amide bonds. The van der Waals surface area contributed by atoms with Crippen LogP contribution in [0.1, 0.15) is 38.8 Å². The van der Waals surface area contributed by atoms with Crippen molar-refractivity contribution in [3.8, 4) is 0 Å². The van der Waals surface area contributed by atoms with Gasteiger partial charge >= 0.3 is 0 Å². The summed E-state index contributed by atoms with van der Waals surface area (Å²) in [5, 5.41) is 0. The quantitative estimate of drug-likeness (QED) is 0.870. The molecular formula is C13H23N3O. The Morgan fingerprint density at radius 3 is 2.82 bits per heavy atom. The van der Waals surface area contributed by atoms with Crippen molar-refractivity contribution >= 4 is 0 Å². The van der Waals surface area contributed by atoms with Crippen molar-refractivity contribution in [2.45, 2.75) is 39.2 Å². The van der Waals surface area contributed by atoms with Crippen LogP contribution < -0.4 is 5.73 Å². The van der Waals surface area contributed by atoms with E-state index < -0.39 is 0 Å². The van der Waals surface area contributed by atoms with Gasteiger partial charge in [-0.15, -0.1) is 0 Å². The zero-order valence-corrected chi connectivity index (χ0v) is 11.1. The highest BCUT2D eigenvalue weighted by atomic mass is 16.4. The molecule has 0 spiro atoms. The Morgan fingerprint density at radius 2 is 2.29 bits per heavy atom. The first-order valence-corrected chi connectivity index (χ1v) is 6.36. The minimum Gasteiger partial charge on any atom is -0.444 e. The SMILES string of the molecule is CC(C)(C)c1cnc(CN2CCC(CN)C2)o1. The van der Waals surface area contributed by atoms with Crippen molar-refractivity contribution in [1.29, 1.82) is 0 Å². The fourth-order valence-corrected chi connectivity index (χ4v) is 2.17. The van der Waals surface area contributed by atoms with Crippen molar-refractivity contribution in [3.05, 3.63) is 17.8 Å². The summed E-state index contributed by atoms with van der Waals surface area (Å²) < 4.78 is 5.79. The van der Waals surface area contributed by atoms with Crippen LogP contribution in [0.15, 0.2) is 10.6 Å². The molecule has 1 fully saturated rings. The summed E-state index contributed by atoms with van der Waals surface area (Å²) >= 11 is 0. The van der Waals surface area contributed by atoms with E-state index in [0.717, 1.165) is 37.8 Å². The third-order valence-electron chi connectivity index (χ3n) is 3.35. The van der Waals surface area contributed by atoms with Gasteiger partial charge in [0.25, 0.3) is 0 Å². The van der Waals surface area contributed by atoms with Crippen LogP contribution in [-0.2, 0) is 12.0 Å². The van der Waals surface area contributed by atoms with Gasteiger partial charge in [0.05, 0.1) is 12.7 Å². The highest BCUT2D eigenvalue weighted by Crippen LogP contribution is 2.24. The summed E-state index contributed by atoms with van der Waals surface area (Å²) in [7, 11) is 0. The minimum atomic E-state index is 0.0378. The van der Waals surface area contributed by atoms with Gasteiger partial charge in [0.15, 0.2) is 0 Å². The van der Waals surface area contributed by atoms with Crippen LogP contribution in [0, 0.1) is 5.92 Å². The van der Waals surface area contributed by atoms with Crippen LogP contribution in [0.5, 0.6) is 0 Å². The molecule has 1 saturated heterocycles. The van der Waals surface area contributed by atoms with Gasteiger partial charge < -0.3 is 10.2 Å². The maximum Gasteiger partial charge on any atom is 0.208 e. The fourth-order valence-electron chi connectivity index (χ4n) is 2.17. The van der Waals surface area contributed by atoms with E-state index in [0.29, 0.717) is 5.92 Å². The maximum atomic E-state index is 5.79. The molecule has 17 heavy (non-hydrogen) atoms. The number of nitrogens with two attached hydrogens (primary N) is 1. The average Bonchev–Trinajstić information content (AvgIpc) is 2.86. The predicted octanol–water partition coefficient (Wildman–Crippen LogP) is 1.75. The summed E-state index contributed by atoms with van der Waals surface area (Å²) in [6.45, 7) is 10.2. The van der Waals surface area contributed by atoms with E-state index in [9.17, 15) is 0 Å². The molecule has 0 bridgehead atoms. The van der Waals surface area contributed by atoms with Crippen LogP contribution in [0.4, 0.5) is 0 Å². The molecule has 1 aliphatic heterocycles. The van der Waals surface area contributed by atoms with Crippen molar-refractivity contribution < 1.29 is 4.42 Å². The lowest BCUT2D eigenvalue weighted by Crippen LogP contribution is -2.22. The van der Waals surface area contributed by atoms with Crippen LogP contribution >= 0.6 is 0 Å². The first-order chi connectivity index (χ1) is 7.99. The topological polar surface area (TPSA) is 55.3 Å². The monoisotopic (exact) mass is 237 g/mol. The van der Waals surface area contributed by atoms with E-state index in [1.807, 2.05) is 6.20 Å². The number of likely N-dealkylation sites (tertiary alicyclic amines) is 1. The third-order valence-corrected chi connectivity index (χ3v) is 3.35. The number of hydrogen-bond acceptors (Lipinski definition) is 4. The molecule has 1 aliphatic rings. The normalized spacial score (nSPS) is 22.2. The number of nitrogens with zero attached hydrogens (tertiary/aromatic N) is 2. The molecule has 2 rings (SSSR count). The Balaban J connectivity index is 1.94. The number of rotatable bonds is 3. The Bertz CT molecular complexity index is 367. The first kappa shape index (κ1) is 12.6. The molecule has 96 valence electrons. The molecule has 2 heterocycles. The van der Waals surface area contributed by atoms with Crippen LogP contribution in [-0.4, -0.2) is 29.5 Å². The highest BCUT2D eigenvalue weighted by molar-refractivity contribution is 5.06. The second-order valence-electron chi connectivity index (χ2n) is 5.99. The molecule has 1 unspecified atom stereocenters. The Kier molecular flexibility index (Phi) is 3.54. The number of hydrogen-bond donors (Lipinski definition) is 1. The second-order valence-corrected chi connectivity index (χ2v) is 5.99. The molecule has 1 aromatic rings. The van der Waals surface area contributed by atoms with Crippen molar-refractivity contribution in [1.82, 2.24) is 9.88 Å². The smallest absolute Gasteiger partial charge is 0.208 e. The Morgan fingerprint density at radius 1 is 1.53 bits per heavy atom. The van der Waals surface area contributed by atoms with Gasteiger partial charge in [0.1, 0.15) is 5.76 Å². The molecule has 0 radical (unpaired) electrons. The van der Waals surface area contributed by atoms with Crippen LogP contribution in [0.3, 0.4) is 0 Å². The van der Waals surface area contributed by atoms with Crippen molar-refractivity contribution in [3.63, 3.8) is 0 Å². The summed E-state index contributed by atoms with van der Waals surface area (Å²) in [4.78, 5) is 6.73. The van der Waals surface area contributed by atoms with Gasteiger partial charge in [0, 0.05) is 12.0 Å². The standard InChI is InChI=1S/C13H23N3O/c1-13(2,3)11-7-15-12(17-11)9-16-5-4-10(6-14)8-16/h7,10H,4-6,8-9,14H2,1-3H3. The van der Waals surface area contributed by atoms with Gasteiger partial charge in [-0.1, -0.05) is 20.8 Å². The number of oxazole rings is 1. The molecule has 0 saturated carbocycles. The van der Waals surface area contributed by atoms with Crippen molar-refractivity contribution in [2.24, 2.45) is 11.7 Å². The van der Waals surface area contributed by atoms with Gasteiger partial charge in [-0.2, -0.15) is 0 Å². The molecule has 2 N–H and O–H groups in total. The lowest BCUT2D eigenvalue weighted by atomic mass is 9.94. The molecule has 1 atom stereocenters. The van der Waals surface area contributed by atoms with E-state index >= 15 is 0 Å². The minimum absolute atomic E-state index is 0.0378. The van der Waals surface area contributed by atoms with E-state index in [1.165, 1.54) is 6.42 Å². The van der Waals surface area contributed by atoms with E-state index in [2.05, 4.69) is 30.7 Å². The fraction of sp³-hybridized carbons (Fsp3) is 0.769. The average molecular weight is 237 g/mol. The van der Waals surface area contributed by atoms with Gasteiger partial charge in [-0.3, -0.25) is 4.90 Å². The zero-order chi connectivity index (χ0) is 12.5. The first-order valence-electron chi connectivity index (χ1n) is 6.36. The highest BCUT2D eigenvalue weighted by Gasteiger charge is 2.24. The molecule has 0 aliphatic carbocycles. The molecule has 0 aromatic carbocycles. The zero-order valence-electron chi connectivity index (χ0n) is 11.1. The molecular weight excluding hydrogens is 214 g/mol. The predicted molar refractivity (Wildman–Crippen MR) is 67.6 cm³/mol. The van der Waals surface area contributed by atoms with Gasteiger partial charge in [-0.25, -0.2) is 4.98 Å². The van der Waals surface area contributed by atoms with Gasteiger partial charge in [-0.05, 0) is 25.4 Å². The Hall–Kier alpha value is -0.870. The van der Waals surface area contributed by atoms with E-state index in [4.69, 9.17) is 10.2 Å². The lowest BCUT2D eigenvalue weighted by molar-refractivity contribution is 0.269. The van der Waals surface area contributed by atoms with E-state index in [-0.39, 0.29) is 5.41 Å². The van der Waals surface area contributed by atoms with Crippen LogP contribution in [0.25, 0.3) is 0 Å². The summed E-state index contributed by atoms with van der Waals surface area (Å²) in [5.41, 5.74) is 5.72. The second kappa shape index (κ2) is 4.78. The number of aromatic nitrogens is 1. The Labute approximate surface area is 103 Å². The summed E-state index contributed by atoms with van der Waals surface area (Å²) in [5.74, 6) is 2.43. The molecule has 1 aromatic heterocycles. The third kappa shape index (κ3) is 3.07. The molecule has 4 nitrogen and oxygen atoms in total.